The van der Waals surface area contributed by atoms with Gasteiger partial charge in [-0.05, 0) is 32.3 Å². The zero-order valence-corrected chi connectivity index (χ0v) is 9.21. The molecule has 14 heavy (non-hydrogen) atoms. The molecule has 0 aliphatic rings. The Morgan fingerprint density at radius 1 is 1.43 bits per heavy atom. The highest BCUT2D eigenvalue weighted by Crippen LogP contribution is 2.14. The molecular formula is C10H15ClN2O. The van der Waals surface area contributed by atoms with Crippen molar-refractivity contribution in [1.29, 1.82) is 0 Å². The van der Waals surface area contributed by atoms with Gasteiger partial charge in [-0.25, -0.2) is 0 Å². The van der Waals surface area contributed by atoms with Crippen LogP contribution in [0.4, 0.5) is 5.69 Å². The van der Waals surface area contributed by atoms with Crippen LogP contribution in [-0.4, -0.2) is 32.1 Å². The van der Waals surface area contributed by atoms with E-state index >= 15 is 0 Å². The van der Waals surface area contributed by atoms with E-state index in [1.54, 1.807) is 0 Å². The first-order valence-electron chi connectivity index (χ1n) is 4.46. The highest BCUT2D eigenvalue weighted by Gasteiger charge is 1.93. The smallest absolute Gasteiger partial charge is 0.0872 e. The predicted octanol–water partition coefficient (Wildman–Crippen LogP) is 2.25. The van der Waals surface area contributed by atoms with Gasteiger partial charge < -0.3 is 4.90 Å². The maximum atomic E-state index is 5.80. The molecular weight excluding hydrogens is 200 g/mol. The Labute approximate surface area is 89.6 Å². The number of likely N-dealkylation sites (N-methyl/N-ethyl adjacent to an activating group) is 1. The van der Waals surface area contributed by atoms with Gasteiger partial charge in [0.05, 0.1) is 12.3 Å². The van der Waals surface area contributed by atoms with Crippen LogP contribution in [0, 0.1) is 0 Å². The summed E-state index contributed by atoms with van der Waals surface area (Å²) in [6.07, 6.45) is 0. The maximum Gasteiger partial charge on any atom is 0.0872 e. The summed E-state index contributed by atoms with van der Waals surface area (Å²) >= 11 is 5.80. The molecule has 0 amide bonds. The average Bonchev–Trinajstić information content (AvgIpc) is 2.12. The lowest BCUT2D eigenvalue weighted by Crippen LogP contribution is -2.19. The molecule has 1 aromatic carbocycles. The zero-order valence-electron chi connectivity index (χ0n) is 8.46. The molecule has 0 fully saturated rings. The lowest BCUT2D eigenvalue weighted by Gasteiger charge is -2.10. The van der Waals surface area contributed by atoms with Crippen molar-refractivity contribution in [2.24, 2.45) is 0 Å². The summed E-state index contributed by atoms with van der Waals surface area (Å²) in [4.78, 5) is 7.29. The first-order valence-corrected chi connectivity index (χ1v) is 4.84. The number of hydrogen-bond acceptors (Lipinski definition) is 3. The lowest BCUT2D eigenvalue weighted by atomic mass is 10.3. The fourth-order valence-electron chi connectivity index (χ4n) is 0.915. The van der Waals surface area contributed by atoms with Gasteiger partial charge in [-0.3, -0.25) is 10.3 Å². The van der Waals surface area contributed by atoms with Crippen LogP contribution in [-0.2, 0) is 4.84 Å². The van der Waals surface area contributed by atoms with Gasteiger partial charge in [0, 0.05) is 11.6 Å². The molecule has 0 atom stereocenters. The molecule has 78 valence electrons. The van der Waals surface area contributed by atoms with E-state index in [2.05, 4.69) is 10.4 Å². The lowest BCUT2D eigenvalue weighted by molar-refractivity contribution is 0.168. The number of anilines is 1. The molecule has 0 saturated carbocycles. The second-order valence-electron chi connectivity index (χ2n) is 3.26. The summed E-state index contributed by atoms with van der Waals surface area (Å²) < 4.78 is 0. The molecule has 1 aromatic rings. The third-order valence-corrected chi connectivity index (χ3v) is 1.89. The quantitative estimate of drug-likeness (QED) is 0.601. The van der Waals surface area contributed by atoms with E-state index in [9.17, 15) is 0 Å². The number of hydrogen-bond donors (Lipinski definition) is 1. The van der Waals surface area contributed by atoms with Crippen molar-refractivity contribution in [3.8, 4) is 0 Å². The van der Waals surface area contributed by atoms with Crippen LogP contribution >= 0.6 is 11.6 Å². The summed E-state index contributed by atoms with van der Waals surface area (Å²) in [5.41, 5.74) is 3.70. The highest BCUT2D eigenvalue weighted by atomic mass is 35.5. The van der Waals surface area contributed by atoms with E-state index in [4.69, 9.17) is 16.4 Å². The molecule has 0 saturated heterocycles. The van der Waals surface area contributed by atoms with Crippen molar-refractivity contribution < 1.29 is 4.84 Å². The molecule has 0 aliphatic carbocycles. The molecule has 0 aromatic heterocycles. The number of halogens is 1. The second-order valence-corrected chi connectivity index (χ2v) is 3.70. The normalized spacial score (nSPS) is 10.6. The minimum atomic E-state index is 0.638. The minimum Gasteiger partial charge on any atom is -0.307 e. The first kappa shape index (κ1) is 11.3. The van der Waals surface area contributed by atoms with Crippen LogP contribution in [0.25, 0.3) is 0 Å². The molecule has 0 bridgehead atoms. The first-order chi connectivity index (χ1) is 6.68. The van der Waals surface area contributed by atoms with Crippen molar-refractivity contribution in [3.63, 3.8) is 0 Å². The molecule has 0 unspecified atom stereocenters. The summed E-state index contributed by atoms with van der Waals surface area (Å²) in [5.74, 6) is 0. The molecule has 1 rings (SSSR count). The van der Waals surface area contributed by atoms with Crippen molar-refractivity contribution in [2.45, 2.75) is 0 Å². The number of nitrogens with zero attached hydrogens (tertiary/aromatic N) is 1. The monoisotopic (exact) mass is 214 g/mol. The van der Waals surface area contributed by atoms with E-state index < -0.39 is 0 Å². The minimum absolute atomic E-state index is 0.638. The van der Waals surface area contributed by atoms with Gasteiger partial charge in [0.1, 0.15) is 0 Å². The van der Waals surface area contributed by atoms with Gasteiger partial charge in [0.2, 0.25) is 0 Å². The summed E-state index contributed by atoms with van der Waals surface area (Å²) in [6, 6.07) is 7.42. The number of rotatable bonds is 5. The van der Waals surface area contributed by atoms with Crippen LogP contribution in [0.1, 0.15) is 0 Å². The fourth-order valence-corrected chi connectivity index (χ4v) is 1.10. The van der Waals surface area contributed by atoms with Crippen molar-refractivity contribution in [1.82, 2.24) is 4.90 Å². The molecule has 0 radical (unpaired) electrons. The van der Waals surface area contributed by atoms with Gasteiger partial charge >= 0.3 is 0 Å². The van der Waals surface area contributed by atoms with Gasteiger partial charge in [-0.2, -0.15) is 0 Å². The Balaban J connectivity index is 2.25. The van der Waals surface area contributed by atoms with Gasteiger partial charge in [0.15, 0.2) is 0 Å². The molecule has 1 N–H and O–H groups in total. The fraction of sp³-hybridized carbons (Fsp3) is 0.400. The van der Waals surface area contributed by atoms with Gasteiger partial charge in [-0.1, -0.05) is 17.7 Å². The third-order valence-electron chi connectivity index (χ3n) is 1.66. The van der Waals surface area contributed by atoms with Gasteiger partial charge in [0.25, 0.3) is 0 Å². The molecule has 3 nitrogen and oxygen atoms in total. The average molecular weight is 215 g/mol. The van der Waals surface area contributed by atoms with E-state index in [0.29, 0.717) is 11.6 Å². The van der Waals surface area contributed by atoms with Crippen molar-refractivity contribution in [2.75, 3.05) is 32.7 Å². The van der Waals surface area contributed by atoms with Crippen LogP contribution < -0.4 is 5.48 Å². The van der Waals surface area contributed by atoms with Crippen molar-refractivity contribution in [3.05, 3.63) is 29.3 Å². The Hall–Kier alpha value is -0.770. The van der Waals surface area contributed by atoms with Crippen LogP contribution in [0.15, 0.2) is 24.3 Å². The zero-order chi connectivity index (χ0) is 10.4. The van der Waals surface area contributed by atoms with E-state index in [1.165, 1.54) is 0 Å². The van der Waals surface area contributed by atoms with Crippen LogP contribution in [0.2, 0.25) is 5.02 Å². The van der Waals surface area contributed by atoms with E-state index in [0.717, 1.165) is 12.2 Å². The summed E-state index contributed by atoms with van der Waals surface area (Å²) in [5, 5.41) is 0.700. The third kappa shape index (κ3) is 4.46. The van der Waals surface area contributed by atoms with E-state index in [-0.39, 0.29) is 0 Å². The number of nitrogens with one attached hydrogen (secondary N) is 1. The Morgan fingerprint density at radius 3 is 2.86 bits per heavy atom. The molecule has 0 aliphatic heterocycles. The summed E-state index contributed by atoms with van der Waals surface area (Å²) in [6.45, 7) is 1.52. The molecule has 0 spiro atoms. The highest BCUT2D eigenvalue weighted by molar-refractivity contribution is 6.30. The summed E-state index contributed by atoms with van der Waals surface area (Å²) in [7, 11) is 4.01. The SMILES string of the molecule is CN(C)CCONc1cccc(Cl)c1. The topological polar surface area (TPSA) is 24.5 Å². The number of benzene rings is 1. The Morgan fingerprint density at radius 2 is 2.21 bits per heavy atom. The Bertz CT molecular complexity index is 279. The van der Waals surface area contributed by atoms with E-state index in [1.807, 2.05) is 38.4 Å². The largest absolute Gasteiger partial charge is 0.307 e. The second kappa shape index (κ2) is 5.86. The molecule has 4 heteroatoms. The maximum absolute atomic E-state index is 5.80. The molecule has 0 heterocycles. The predicted molar refractivity (Wildman–Crippen MR) is 59.6 cm³/mol. The van der Waals surface area contributed by atoms with Crippen LogP contribution in [0.3, 0.4) is 0 Å². The van der Waals surface area contributed by atoms with Crippen molar-refractivity contribution >= 4 is 17.3 Å². The van der Waals surface area contributed by atoms with Crippen LogP contribution in [0.5, 0.6) is 0 Å². The van der Waals surface area contributed by atoms with Gasteiger partial charge in [-0.15, -0.1) is 0 Å². The standard InChI is InChI=1S/C10H15ClN2O/c1-13(2)6-7-14-12-10-5-3-4-9(11)8-10/h3-5,8,12H,6-7H2,1-2H3. The Kier molecular flexibility index (Phi) is 4.73.